The van der Waals surface area contributed by atoms with E-state index < -0.39 is 0 Å². The lowest BCUT2D eigenvalue weighted by Gasteiger charge is -2.15. The molecule has 0 radical (unpaired) electrons. The Morgan fingerprint density at radius 2 is 1.92 bits per heavy atom. The summed E-state index contributed by atoms with van der Waals surface area (Å²) < 4.78 is 0. The number of nitrogens with zero attached hydrogens (tertiary/aromatic N) is 1. The largest absolute Gasteiger partial charge is 0.375 e. The number of nitrogens with one attached hydrogen (secondary N) is 2. The van der Waals surface area contributed by atoms with Gasteiger partial charge in [-0.3, -0.25) is 4.79 Å². The summed E-state index contributed by atoms with van der Waals surface area (Å²) in [5.74, 6) is 0.677. The maximum absolute atomic E-state index is 12.4. The molecular formula is C21H27N3OS. The second-order valence-corrected chi connectivity index (χ2v) is 8.14. The van der Waals surface area contributed by atoms with E-state index in [9.17, 15) is 4.79 Å². The molecule has 0 saturated heterocycles. The zero-order chi connectivity index (χ0) is 18.7. The molecule has 3 rings (SSSR count). The Balaban J connectivity index is 1.74. The van der Waals surface area contributed by atoms with Crippen molar-refractivity contribution in [1.82, 2.24) is 9.97 Å². The Morgan fingerprint density at radius 3 is 2.62 bits per heavy atom. The number of hydrogen-bond acceptors (Lipinski definition) is 4. The van der Waals surface area contributed by atoms with Crippen LogP contribution in [0.2, 0.25) is 0 Å². The Bertz CT molecular complexity index is 940. The molecule has 3 aromatic rings. The van der Waals surface area contributed by atoms with E-state index in [-0.39, 0.29) is 11.6 Å². The van der Waals surface area contributed by atoms with Crippen LogP contribution in [0.25, 0.3) is 10.2 Å². The van der Waals surface area contributed by atoms with Gasteiger partial charge in [0.15, 0.2) is 0 Å². The standard InChI is InChI=1S/C21H27N3OS/c1-5-6-7-8-16-9-11-17(12-10-16)22-14(3)19-23-20(25)18-13(2)15(4)26-21(18)24-19/h9-12,14,22H,5-8H2,1-4H3,(H,23,24,25). The van der Waals surface area contributed by atoms with Crippen LogP contribution in [0.4, 0.5) is 5.69 Å². The maximum Gasteiger partial charge on any atom is 0.259 e. The predicted molar refractivity (Wildman–Crippen MR) is 111 cm³/mol. The van der Waals surface area contributed by atoms with Gasteiger partial charge in [0.25, 0.3) is 5.56 Å². The second kappa shape index (κ2) is 8.04. The summed E-state index contributed by atoms with van der Waals surface area (Å²) in [7, 11) is 0. The Morgan fingerprint density at radius 1 is 1.19 bits per heavy atom. The number of fused-ring (bicyclic) bond motifs is 1. The van der Waals surface area contributed by atoms with Crippen LogP contribution >= 0.6 is 11.3 Å². The van der Waals surface area contributed by atoms with Crippen molar-refractivity contribution in [3.8, 4) is 0 Å². The number of aryl methyl sites for hydroxylation is 3. The molecule has 2 aromatic heterocycles. The summed E-state index contributed by atoms with van der Waals surface area (Å²) in [6.45, 7) is 8.26. The van der Waals surface area contributed by atoms with E-state index >= 15 is 0 Å². The van der Waals surface area contributed by atoms with E-state index in [1.54, 1.807) is 11.3 Å². The smallest absolute Gasteiger partial charge is 0.259 e. The number of H-pyrrole nitrogens is 1. The monoisotopic (exact) mass is 369 g/mol. The van der Waals surface area contributed by atoms with Gasteiger partial charge in [0.1, 0.15) is 10.7 Å². The van der Waals surface area contributed by atoms with Crippen molar-refractivity contribution in [2.24, 2.45) is 0 Å². The molecule has 4 nitrogen and oxygen atoms in total. The number of aromatic nitrogens is 2. The number of aromatic amines is 1. The van der Waals surface area contributed by atoms with E-state index in [1.807, 2.05) is 20.8 Å². The Kier molecular flexibility index (Phi) is 5.77. The molecule has 26 heavy (non-hydrogen) atoms. The Labute approximate surface area is 158 Å². The number of thiophene rings is 1. The van der Waals surface area contributed by atoms with Crippen LogP contribution in [0.1, 0.15) is 61.0 Å². The number of hydrogen-bond donors (Lipinski definition) is 2. The molecular weight excluding hydrogens is 342 g/mol. The van der Waals surface area contributed by atoms with Crippen molar-refractivity contribution < 1.29 is 0 Å². The molecule has 0 amide bonds. The topological polar surface area (TPSA) is 57.8 Å². The number of rotatable bonds is 7. The first kappa shape index (κ1) is 18.6. The summed E-state index contributed by atoms with van der Waals surface area (Å²) in [4.78, 5) is 22.0. The number of unbranched alkanes of at least 4 members (excludes halogenated alkanes) is 2. The third-order valence-corrected chi connectivity index (χ3v) is 5.97. The molecule has 0 aliphatic rings. The maximum atomic E-state index is 12.4. The first-order chi connectivity index (χ1) is 12.5. The van der Waals surface area contributed by atoms with E-state index in [4.69, 9.17) is 0 Å². The minimum Gasteiger partial charge on any atom is -0.375 e. The lowest BCUT2D eigenvalue weighted by atomic mass is 10.1. The average molecular weight is 370 g/mol. The lowest BCUT2D eigenvalue weighted by Crippen LogP contribution is -2.17. The van der Waals surface area contributed by atoms with Crippen LogP contribution in [0, 0.1) is 13.8 Å². The number of benzene rings is 1. The van der Waals surface area contributed by atoms with Gasteiger partial charge in [-0.05, 0) is 56.9 Å². The molecule has 0 bridgehead atoms. The first-order valence-corrected chi connectivity index (χ1v) is 10.2. The highest BCUT2D eigenvalue weighted by atomic mass is 32.1. The summed E-state index contributed by atoms with van der Waals surface area (Å²) in [5.41, 5.74) is 3.39. The van der Waals surface area contributed by atoms with Gasteiger partial charge in [0.2, 0.25) is 0 Å². The summed E-state index contributed by atoms with van der Waals surface area (Å²) >= 11 is 1.58. The lowest BCUT2D eigenvalue weighted by molar-refractivity contribution is 0.717. The van der Waals surface area contributed by atoms with Gasteiger partial charge in [0, 0.05) is 10.6 Å². The van der Waals surface area contributed by atoms with Gasteiger partial charge >= 0.3 is 0 Å². The first-order valence-electron chi connectivity index (χ1n) is 9.35. The molecule has 0 fully saturated rings. The Hall–Kier alpha value is -2.14. The second-order valence-electron chi connectivity index (χ2n) is 6.93. The predicted octanol–water partition coefficient (Wildman–Crippen LogP) is 5.51. The van der Waals surface area contributed by atoms with E-state index in [0.717, 1.165) is 32.8 Å². The summed E-state index contributed by atoms with van der Waals surface area (Å²) in [5, 5.41) is 4.16. The molecule has 2 N–H and O–H groups in total. The van der Waals surface area contributed by atoms with Crippen LogP contribution in [0.15, 0.2) is 29.1 Å². The molecule has 0 saturated carbocycles. The van der Waals surface area contributed by atoms with E-state index in [2.05, 4.69) is 46.5 Å². The highest BCUT2D eigenvalue weighted by molar-refractivity contribution is 7.18. The normalized spacial score (nSPS) is 12.5. The van der Waals surface area contributed by atoms with E-state index in [0.29, 0.717) is 5.82 Å². The molecule has 1 atom stereocenters. The molecule has 0 aliphatic carbocycles. The summed E-state index contributed by atoms with van der Waals surface area (Å²) in [6, 6.07) is 8.49. The molecule has 0 aliphatic heterocycles. The van der Waals surface area contributed by atoms with Crippen LogP contribution in [0.3, 0.4) is 0 Å². The van der Waals surface area contributed by atoms with Crippen molar-refractivity contribution in [3.63, 3.8) is 0 Å². The fourth-order valence-electron chi connectivity index (χ4n) is 3.14. The third-order valence-electron chi connectivity index (χ3n) is 4.87. The van der Waals surface area contributed by atoms with Crippen molar-refractivity contribution in [2.75, 3.05) is 5.32 Å². The zero-order valence-electron chi connectivity index (χ0n) is 16.0. The molecule has 1 aromatic carbocycles. The van der Waals surface area contributed by atoms with Gasteiger partial charge in [-0.15, -0.1) is 11.3 Å². The van der Waals surface area contributed by atoms with E-state index in [1.165, 1.54) is 24.8 Å². The van der Waals surface area contributed by atoms with Crippen LogP contribution in [0.5, 0.6) is 0 Å². The van der Waals surface area contributed by atoms with Crippen molar-refractivity contribution in [2.45, 2.75) is 59.4 Å². The van der Waals surface area contributed by atoms with Crippen LogP contribution in [-0.4, -0.2) is 9.97 Å². The van der Waals surface area contributed by atoms with Gasteiger partial charge in [0.05, 0.1) is 11.4 Å². The average Bonchev–Trinajstić information content (AvgIpc) is 2.91. The third kappa shape index (κ3) is 3.98. The molecule has 1 unspecified atom stereocenters. The molecule has 2 heterocycles. The molecule has 0 spiro atoms. The fraction of sp³-hybridized carbons (Fsp3) is 0.429. The fourth-order valence-corrected chi connectivity index (χ4v) is 4.18. The molecule has 5 heteroatoms. The van der Waals surface area contributed by atoms with Crippen molar-refractivity contribution in [1.29, 1.82) is 0 Å². The zero-order valence-corrected chi connectivity index (χ0v) is 16.8. The van der Waals surface area contributed by atoms with Crippen LogP contribution in [-0.2, 0) is 6.42 Å². The SMILES string of the molecule is CCCCCc1ccc(NC(C)c2nc3sc(C)c(C)c3c(=O)[nH]2)cc1. The van der Waals surface area contributed by atoms with Crippen molar-refractivity contribution in [3.05, 3.63) is 56.4 Å². The van der Waals surface area contributed by atoms with Crippen molar-refractivity contribution >= 4 is 27.2 Å². The van der Waals surface area contributed by atoms with Crippen LogP contribution < -0.4 is 10.9 Å². The summed E-state index contributed by atoms with van der Waals surface area (Å²) in [6.07, 6.45) is 4.90. The molecule has 138 valence electrons. The van der Waals surface area contributed by atoms with Gasteiger partial charge in [-0.25, -0.2) is 4.98 Å². The minimum atomic E-state index is -0.0687. The minimum absolute atomic E-state index is 0.0493. The van der Waals surface area contributed by atoms with Gasteiger partial charge in [-0.1, -0.05) is 31.9 Å². The quantitative estimate of drug-likeness (QED) is 0.540. The van der Waals surface area contributed by atoms with Gasteiger partial charge < -0.3 is 10.3 Å². The highest BCUT2D eigenvalue weighted by Crippen LogP contribution is 2.27. The van der Waals surface area contributed by atoms with Gasteiger partial charge in [-0.2, -0.15) is 0 Å². The number of anilines is 1. The highest BCUT2D eigenvalue weighted by Gasteiger charge is 2.15.